The third-order valence-corrected chi connectivity index (χ3v) is 3.77. The Morgan fingerprint density at radius 3 is 2.42 bits per heavy atom. The minimum atomic E-state index is -0.204. The lowest BCUT2D eigenvalue weighted by Crippen LogP contribution is -2.25. The molecule has 0 spiro atoms. The summed E-state index contributed by atoms with van der Waals surface area (Å²) in [7, 11) is 3.22. The molecule has 0 aliphatic rings. The molecule has 0 heterocycles. The van der Waals surface area contributed by atoms with E-state index in [0.717, 1.165) is 16.9 Å². The monoisotopic (exact) mass is 325 g/mol. The van der Waals surface area contributed by atoms with E-state index in [1.54, 1.807) is 20.3 Å². The molecule has 2 rings (SSSR count). The van der Waals surface area contributed by atoms with Crippen LogP contribution in [0.25, 0.3) is 6.08 Å². The molecule has 1 N–H and O–H groups in total. The third-order valence-electron chi connectivity index (χ3n) is 3.77. The number of hydrogen-bond donors (Lipinski definition) is 1. The molecule has 0 aromatic heterocycles. The molecule has 0 saturated heterocycles. The van der Waals surface area contributed by atoms with Crippen molar-refractivity contribution in [2.45, 2.75) is 19.9 Å². The van der Waals surface area contributed by atoms with Crippen LogP contribution in [0.15, 0.2) is 48.5 Å². The van der Waals surface area contributed by atoms with Crippen LogP contribution < -0.4 is 14.8 Å². The van der Waals surface area contributed by atoms with E-state index in [1.807, 2.05) is 56.3 Å². The van der Waals surface area contributed by atoms with Crippen molar-refractivity contribution in [1.82, 2.24) is 5.32 Å². The van der Waals surface area contributed by atoms with E-state index in [4.69, 9.17) is 9.47 Å². The van der Waals surface area contributed by atoms with Gasteiger partial charge in [-0.25, -0.2) is 0 Å². The number of hydrogen-bond acceptors (Lipinski definition) is 3. The highest BCUT2D eigenvalue weighted by Gasteiger charge is 2.14. The lowest BCUT2D eigenvalue weighted by atomic mass is 10.1. The van der Waals surface area contributed by atoms with Gasteiger partial charge in [0.15, 0.2) is 0 Å². The van der Waals surface area contributed by atoms with Crippen molar-refractivity contribution < 1.29 is 14.3 Å². The van der Waals surface area contributed by atoms with Gasteiger partial charge < -0.3 is 14.8 Å². The second-order valence-electron chi connectivity index (χ2n) is 5.58. The molecule has 2 aromatic rings. The van der Waals surface area contributed by atoms with Crippen LogP contribution >= 0.6 is 0 Å². The molecule has 4 nitrogen and oxygen atoms in total. The number of ether oxygens (including phenoxy) is 2. The Balaban J connectivity index is 2.07. The Morgan fingerprint density at radius 2 is 1.79 bits per heavy atom. The fourth-order valence-corrected chi connectivity index (χ4v) is 2.37. The van der Waals surface area contributed by atoms with Gasteiger partial charge in [0.05, 0.1) is 20.3 Å². The summed E-state index contributed by atoms with van der Waals surface area (Å²) in [4.78, 5) is 12.2. The molecule has 4 heteroatoms. The van der Waals surface area contributed by atoms with Crippen LogP contribution in [0.5, 0.6) is 11.5 Å². The average molecular weight is 325 g/mol. The first kappa shape index (κ1) is 17.6. The fourth-order valence-electron chi connectivity index (χ4n) is 2.37. The van der Waals surface area contributed by atoms with Gasteiger partial charge in [-0.15, -0.1) is 0 Å². The molecular weight excluding hydrogens is 302 g/mol. The van der Waals surface area contributed by atoms with Gasteiger partial charge in [-0.05, 0) is 43.7 Å². The quantitative estimate of drug-likeness (QED) is 0.819. The fraction of sp³-hybridized carbons (Fsp3) is 0.250. The van der Waals surface area contributed by atoms with Crippen molar-refractivity contribution >= 4 is 12.0 Å². The molecule has 0 aliphatic heterocycles. The SMILES string of the molecule is COc1ccc(OC)c([C@@H](C)NC(=O)/C=C/c2ccc(C)cc2)c1. The lowest BCUT2D eigenvalue weighted by Gasteiger charge is -2.17. The van der Waals surface area contributed by atoms with Crippen LogP contribution in [0.3, 0.4) is 0 Å². The van der Waals surface area contributed by atoms with E-state index < -0.39 is 0 Å². The summed E-state index contributed by atoms with van der Waals surface area (Å²) < 4.78 is 10.6. The average Bonchev–Trinajstić information content (AvgIpc) is 2.60. The maximum atomic E-state index is 12.2. The predicted molar refractivity (Wildman–Crippen MR) is 96.3 cm³/mol. The molecule has 0 fully saturated rings. The zero-order valence-corrected chi connectivity index (χ0v) is 14.5. The zero-order valence-electron chi connectivity index (χ0n) is 14.5. The molecule has 0 saturated carbocycles. The largest absolute Gasteiger partial charge is 0.497 e. The van der Waals surface area contributed by atoms with Crippen molar-refractivity contribution in [1.29, 1.82) is 0 Å². The highest BCUT2D eigenvalue weighted by Crippen LogP contribution is 2.29. The summed E-state index contributed by atoms with van der Waals surface area (Å²) in [6, 6.07) is 13.3. The molecule has 2 aromatic carbocycles. The number of rotatable bonds is 6. The van der Waals surface area contributed by atoms with Crippen molar-refractivity contribution in [2.24, 2.45) is 0 Å². The number of nitrogens with one attached hydrogen (secondary N) is 1. The van der Waals surface area contributed by atoms with Crippen molar-refractivity contribution in [3.8, 4) is 11.5 Å². The molecule has 1 atom stereocenters. The first-order valence-electron chi connectivity index (χ1n) is 7.80. The van der Waals surface area contributed by atoms with Gasteiger partial charge in [0.25, 0.3) is 0 Å². The van der Waals surface area contributed by atoms with Crippen molar-refractivity contribution in [2.75, 3.05) is 14.2 Å². The molecular formula is C20H23NO3. The van der Waals surface area contributed by atoms with E-state index in [0.29, 0.717) is 5.75 Å². The Bertz CT molecular complexity index is 720. The number of aryl methyl sites for hydroxylation is 1. The minimum absolute atomic E-state index is 0.159. The van der Waals surface area contributed by atoms with Crippen LogP contribution in [-0.2, 0) is 4.79 Å². The van der Waals surface area contributed by atoms with Crippen molar-refractivity contribution in [3.05, 3.63) is 65.2 Å². The molecule has 1 amide bonds. The van der Waals surface area contributed by atoms with Crippen LogP contribution in [0.1, 0.15) is 29.7 Å². The van der Waals surface area contributed by atoms with Gasteiger partial charge >= 0.3 is 0 Å². The molecule has 0 unspecified atom stereocenters. The molecule has 0 aliphatic carbocycles. The maximum absolute atomic E-state index is 12.2. The van der Waals surface area contributed by atoms with Gasteiger partial charge in [0, 0.05) is 11.6 Å². The first-order chi connectivity index (χ1) is 11.5. The lowest BCUT2D eigenvalue weighted by molar-refractivity contribution is -0.117. The number of carbonyl (C=O) groups is 1. The van der Waals surface area contributed by atoms with E-state index in [1.165, 1.54) is 11.6 Å². The number of methoxy groups -OCH3 is 2. The number of amides is 1. The second-order valence-corrected chi connectivity index (χ2v) is 5.58. The van der Waals surface area contributed by atoms with E-state index in [9.17, 15) is 4.79 Å². The molecule has 126 valence electrons. The third kappa shape index (κ3) is 4.62. The van der Waals surface area contributed by atoms with Gasteiger partial charge in [0.1, 0.15) is 11.5 Å². The topological polar surface area (TPSA) is 47.6 Å². The van der Waals surface area contributed by atoms with E-state index in [-0.39, 0.29) is 11.9 Å². The summed E-state index contributed by atoms with van der Waals surface area (Å²) in [6.07, 6.45) is 3.33. The predicted octanol–water partition coefficient (Wildman–Crippen LogP) is 3.90. The summed E-state index contributed by atoms with van der Waals surface area (Å²) in [5.41, 5.74) is 3.05. The van der Waals surface area contributed by atoms with Crippen LogP contribution in [0.2, 0.25) is 0 Å². The van der Waals surface area contributed by atoms with Crippen LogP contribution in [-0.4, -0.2) is 20.1 Å². The highest BCUT2D eigenvalue weighted by atomic mass is 16.5. The Morgan fingerprint density at radius 1 is 1.08 bits per heavy atom. The number of carbonyl (C=O) groups excluding carboxylic acids is 1. The van der Waals surface area contributed by atoms with Gasteiger partial charge in [-0.3, -0.25) is 4.79 Å². The molecule has 0 radical (unpaired) electrons. The van der Waals surface area contributed by atoms with Crippen LogP contribution in [0, 0.1) is 6.92 Å². The molecule has 24 heavy (non-hydrogen) atoms. The van der Waals surface area contributed by atoms with Gasteiger partial charge in [0.2, 0.25) is 5.91 Å². The van der Waals surface area contributed by atoms with Gasteiger partial charge in [-0.1, -0.05) is 29.8 Å². The van der Waals surface area contributed by atoms with Crippen molar-refractivity contribution in [3.63, 3.8) is 0 Å². The second kappa shape index (κ2) is 8.20. The van der Waals surface area contributed by atoms with Crippen LogP contribution in [0.4, 0.5) is 0 Å². The van der Waals surface area contributed by atoms with E-state index >= 15 is 0 Å². The summed E-state index contributed by atoms with van der Waals surface area (Å²) in [5.74, 6) is 1.28. The number of benzene rings is 2. The molecule has 0 bridgehead atoms. The van der Waals surface area contributed by atoms with Gasteiger partial charge in [-0.2, -0.15) is 0 Å². The smallest absolute Gasteiger partial charge is 0.244 e. The summed E-state index contributed by atoms with van der Waals surface area (Å²) in [5, 5.41) is 2.94. The Hall–Kier alpha value is -2.75. The minimum Gasteiger partial charge on any atom is -0.497 e. The Kier molecular flexibility index (Phi) is 6.01. The highest BCUT2D eigenvalue weighted by molar-refractivity contribution is 5.92. The summed E-state index contributed by atoms with van der Waals surface area (Å²) in [6.45, 7) is 3.94. The maximum Gasteiger partial charge on any atom is 0.244 e. The summed E-state index contributed by atoms with van der Waals surface area (Å²) >= 11 is 0. The first-order valence-corrected chi connectivity index (χ1v) is 7.80. The Labute approximate surface area is 143 Å². The standard InChI is InChI=1S/C20H23NO3/c1-14-5-7-16(8-6-14)9-12-20(22)21-15(2)18-13-17(23-3)10-11-19(18)24-4/h5-13,15H,1-4H3,(H,21,22)/b12-9+/t15-/m1/s1. The van der Waals surface area contributed by atoms with E-state index in [2.05, 4.69) is 5.32 Å². The normalized spacial score (nSPS) is 12.0. The zero-order chi connectivity index (χ0) is 17.5.